The first-order valence-corrected chi connectivity index (χ1v) is 18.1. The van der Waals surface area contributed by atoms with Gasteiger partial charge in [-0.25, -0.2) is 9.78 Å². The van der Waals surface area contributed by atoms with E-state index >= 15 is 0 Å². The van der Waals surface area contributed by atoms with E-state index in [2.05, 4.69) is 52.8 Å². The van der Waals surface area contributed by atoms with Crippen molar-refractivity contribution in [3.8, 4) is 34.1 Å². The fourth-order valence-corrected chi connectivity index (χ4v) is 6.79. The topological polar surface area (TPSA) is 82.9 Å². The first-order chi connectivity index (χ1) is 24.0. The van der Waals surface area contributed by atoms with Gasteiger partial charge in [-0.15, -0.1) is 0 Å². The SMILES string of the molecule is CCCCn1c(-c2ccccc2)nc(-c2ccc(OC)cc2)c1CN(Cc1ccc(C(=O)OC(C)(C)C)c(OC(C)=O)c1)CC1CCCCC1. The normalized spacial score (nSPS) is 13.7. The predicted octanol–water partition coefficient (Wildman–Crippen LogP) is 9.49. The highest BCUT2D eigenvalue weighted by Crippen LogP contribution is 2.34. The number of rotatable bonds is 14. The Balaban J connectivity index is 1.58. The zero-order chi connectivity index (χ0) is 35.7. The summed E-state index contributed by atoms with van der Waals surface area (Å²) < 4.78 is 19.1. The second kappa shape index (κ2) is 17.0. The van der Waals surface area contributed by atoms with Crippen LogP contribution >= 0.6 is 0 Å². The third-order valence-electron chi connectivity index (χ3n) is 9.14. The van der Waals surface area contributed by atoms with E-state index in [-0.39, 0.29) is 11.3 Å². The molecule has 0 spiro atoms. The summed E-state index contributed by atoms with van der Waals surface area (Å²) in [6.07, 6.45) is 8.32. The van der Waals surface area contributed by atoms with E-state index in [9.17, 15) is 9.59 Å². The Morgan fingerprint density at radius 3 is 2.28 bits per heavy atom. The number of ether oxygens (including phenoxy) is 3. The molecule has 8 heteroatoms. The van der Waals surface area contributed by atoms with Crippen LogP contribution in [0.1, 0.15) is 101 Å². The van der Waals surface area contributed by atoms with Crippen molar-refractivity contribution in [1.82, 2.24) is 14.5 Å². The van der Waals surface area contributed by atoms with Crippen molar-refractivity contribution >= 4 is 11.9 Å². The summed E-state index contributed by atoms with van der Waals surface area (Å²) in [5.41, 5.74) is 4.79. The molecule has 1 aromatic heterocycles. The maximum absolute atomic E-state index is 13.1. The van der Waals surface area contributed by atoms with E-state index < -0.39 is 17.5 Å². The summed E-state index contributed by atoms with van der Waals surface area (Å²) in [7, 11) is 1.68. The van der Waals surface area contributed by atoms with Crippen LogP contribution in [0.3, 0.4) is 0 Å². The van der Waals surface area contributed by atoms with Gasteiger partial charge in [-0.2, -0.15) is 0 Å². The van der Waals surface area contributed by atoms with Crippen LogP contribution in [0.5, 0.6) is 11.5 Å². The first kappa shape index (κ1) is 36.8. The molecule has 1 aliphatic carbocycles. The van der Waals surface area contributed by atoms with Crippen LogP contribution in [0.4, 0.5) is 0 Å². The van der Waals surface area contributed by atoms with Gasteiger partial charge in [0.2, 0.25) is 0 Å². The van der Waals surface area contributed by atoms with E-state index in [0.29, 0.717) is 19.0 Å². The van der Waals surface area contributed by atoms with Crippen molar-refractivity contribution in [1.29, 1.82) is 0 Å². The van der Waals surface area contributed by atoms with Crippen LogP contribution in [0.25, 0.3) is 22.6 Å². The van der Waals surface area contributed by atoms with Crippen molar-refractivity contribution in [3.63, 3.8) is 0 Å². The summed E-state index contributed by atoms with van der Waals surface area (Å²) in [6.45, 7) is 12.1. The van der Waals surface area contributed by atoms with Crippen LogP contribution in [-0.2, 0) is 29.2 Å². The molecule has 0 atom stereocenters. The maximum Gasteiger partial charge on any atom is 0.342 e. The fraction of sp³-hybridized carbons (Fsp3) is 0.452. The Labute approximate surface area is 297 Å². The third-order valence-corrected chi connectivity index (χ3v) is 9.14. The number of unbranched alkanes of at least 4 members (excludes halogenated alkanes) is 1. The lowest BCUT2D eigenvalue weighted by Crippen LogP contribution is -2.31. The summed E-state index contributed by atoms with van der Waals surface area (Å²) >= 11 is 0. The van der Waals surface area contributed by atoms with Gasteiger partial charge in [0.05, 0.1) is 18.5 Å². The first-order valence-electron chi connectivity index (χ1n) is 18.1. The van der Waals surface area contributed by atoms with Gasteiger partial charge < -0.3 is 18.8 Å². The van der Waals surface area contributed by atoms with Crippen LogP contribution in [0, 0.1) is 5.92 Å². The van der Waals surface area contributed by atoms with Gasteiger partial charge in [-0.1, -0.05) is 69.0 Å². The van der Waals surface area contributed by atoms with E-state index in [1.54, 1.807) is 13.2 Å². The Morgan fingerprint density at radius 1 is 0.920 bits per heavy atom. The van der Waals surface area contributed by atoms with E-state index in [1.165, 1.54) is 44.7 Å². The largest absolute Gasteiger partial charge is 0.497 e. The summed E-state index contributed by atoms with van der Waals surface area (Å²) in [5, 5.41) is 0. The lowest BCUT2D eigenvalue weighted by molar-refractivity contribution is -0.131. The summed E-state index contributed by atoms with van der Waals surface area (Å²) in [5.74, 6) is 1.58. The van der Waals surface area contributed by atoms with Crippen molar-refractivity contribution in [2.24, 2.45) is 5.92 Å². The number of carbonyl (C=O) groups is 2. The number of hydrogen-bond acceptors (Lipinski definition) is 7. The van der Waals surface area contributed by atoms with Crippen LogP contribution in [-0.4, -0.2) is 45.6 Å². The smallest absolute Gasteiger partial charge is 0.342 e. The molecule has 0 N–H and O–H groups in total. The summed E-state index contributed by atoms with van der Waals surface area (Å²) in [6, 6.07) is 24.1. The molecule has 1 saturated carbocycles. The molecular weight excluding hydrogens is 626 g/mol. The molecule has 0 saturated heterocycles. The highest BCUT2D eigenvalue weighted by atomic mass is 16.6. The number of carbonyl (C=O) groups excluding carboxylic acids is 2. The molecule has 1 aliphatic rings. The molecule has 0 radical (unpaired) electrons. The molecule has 1 fully saturated rings. The second-order valence-corrected chi connectivity index (χ2v) is 14.4. The van der Waals surface area contributed by atoms with Gasteiger partial charge in [0.25, 0.3) is 0 Å². The minimum atomic E-state index is -0.680. The highest BCUT2D eigenvalue weighted by molar-refractivity contribution is 5.93. The minimum Gasteiger partial charge on any atom is -0.497 e. The number of benzene rings is 3. The zero-order valence-corrected chi connectivity index (χ0v) is 30.7. The molecule has 8 nitrogen and oxygen atoms in total. The third kappa shape index (κ3) is 9.84. The second-order valence-electron chi connectivity index (χ2n) is 14.4. The van der Waals surface area contributed by atoms with Crippen LogP contribution in [0.15, 0.2) is 72.8 Å². The van der Waals surface area contributed by atoms with Gasteiger partial charge in [0.1, 0.15) is 28.5 Å². The Kier molecular flexibility index (Phi) is 12.5. The molecule has 4 aromatic rings. The van der Waals surface area contributed by atoms with E-state index in [1.807, 2.05) is 51.1 Å². The summed E-state index contributed by atoms with van der Waals surface area (Å²) in [4.78, 5) is 33.1. The average molecular weight is 680 g/mol. The monoisotopic (exact) mass is 679 g/mol. The van der Waals surface area contributed by atoms with Gasteiger partial charge >= 0.3 is 11.9 Å². The zero-order valence-electron chi connectivity index (χ0n) is 30.7. The van der Waals surface area contributed by atoms with Gasteiger partial charge in [-0.05, 0) is 87.9 Å². The highest BCUT2D eigenvalue weighted by Gasteiger charge is 2.26. The quantitative estimate of drug-likeness (QED) is 0.0970. The number of methoxy groups -OCH3 is 1. The molecule has 5 rings (SSSR count). The van der Waals surface area contributed by atoms with Gasteiger partial charge in [0, 0.05) is 44.2 Å². The van der Waals surface area contributed by atoms with Crippen molar-refractivity contribution < 1.29 is 23.8 Å². The average Bonchev–Trinajstić information content (AvgIpc) is 3.44. The Morgan fingerprint density at radius 2 is 1.64 bits per heavy atom. The van der Waals surface area contributed by atoms with Crippen LogP contribution in [0.2, 0.25) is 0 Å². The molecule has 0 bridgehead atoms. The molecule has 0 unspecified atom stereocenters. The maximum atomic E-state index is 13.1. The fourth-order valence-electron chi connectivity index (χ4n) is 6.79. The minimum absolute atomic E-state index is 0.222. The predicted molar refractivity (Wildman–Crippen MR) is 198 cm³/mol. The number of esters is 2. The van der Waals surface area contributed by atoms with Crippen molar-refractivity contribution in [2.75, 3.05) is 13.7 Å². The molecule has 3 aromatic carbocycles. The Bertz CT molecular complexity index is 1720. The number of nitrogens with zero attached hydrogens (tertiary/aromatic N) is 3. The van der Waals surface area contributed by atoms with E-state index in [0.717, 1.165) is 59.9 Å². The number of aromatic nitrogens is 2. The lowest BCUT2D eigenvalue weighted by Gasteiger charge is -2.30. The molecule has 0 aliphatic heterocycles. The molecule has 266 valence electrons. The van der Waals surface area contributed by atoms with Gasteiger partial charge in [-0.3, -0.25) is 9.69 Å². The molecule has 0 amide bonds. The molecular formula is C42H53N3O5. The lowest BCUT2D eigenvalue weighted by atomic mass is 9.88. The molecule has 50 heavy (non-hydrogen) atoms. The van der Waals surface area contributed by atoms with Crippen molar-refractivity contribution in [2.45, 2.75) is 105 Å². The van der Waals surface area contributed by atoms with Gasteiger partial charge in [0.15, 0.2) is 0 Å². The molecule has 1 heterocycles. The van der Waals surface area contributed by atoms with Crippen molar-refractivity contribution in [3.05, 3.63) is 89.6 Å². The van der Waals surface area contributed by atoms with Crippen LogP contribution < -0.4 is 9.47 Å². The Hall–Kier alpha value is -4.43. The number of imidazole rings is 1. The number of hydrogen-bond donors (Lipinski definition) is 0. The standard InChI is InChI=1S/C42H53N3O5/c1-7-8-25-45-37(39(33-20-22-35(48-6)23-21-33)43-40(45)34-17-13-10-14-18-34)29-44(27-31-15-11-9-12-16-31)28-32-19-24-36(38(26-32)49-30(2)46)41(47)50-42(3,4)5/h10,13-14,17-24,26,31H,7-9,11-12,15-16,25,27-29H2,1-6H3. The van der Waals surface area contributed by atoms with E-state index in [4.69, 9.17) is 19.2 Å².